The number of aliphatic hydroxyl groups is 1. The Labute approximate surface area is 120 Å². The van der Waals surface area contributed by atoms with Gasteiger partial charge in [-0.3, -0.25) is 0 Å². The van der Waals surface area contributed by atoms with Crippen LogP contribution < -0.4 is 0 Å². The van der Waals surface area contributed by atoms with Gasteiger partial charge in [0.2, 0.25) is 0 Å². The summed E-state index contributed by atoms with van der Waals surface area (Å²) in [5, 5.41) is 11.3. The lowest BCUT2D eigenvalue weighted by Crippen LogP contribution is -2.27. The van der Waals surface area contributed by atoms with Crippen LogP contribution in [-0.4, -0.2) is 35.7 Å². The SMILES string of the molecule is CCN(CC)CCC(O)Cc1ccc(Cl)cc1Cl. The third-order valence-electron chi connectivity index (χ3n) is 3.14. The fourth-order valence-corrected chi connectivity index (χ4v) is 2.40. The summed E-state index contributed by atoms with van der Waals surface area (Å²) >= 11 is 11.9. The van der Waals surface area contributed by atoms with E-state index in [0.717, 1.165) is 31.6 Å². The van der Waals surface area contributed by atoms with E-state index < -0.39 is 0 Å². The van der Waals surface area contributed by atoms with Crippen LogP contribution in [0.2, 0.25) is 10.0 Å². The summed E-state index contributed by atoms with van der Waals surface area (Å²) in [6.07, 6.45) is 0.988. The standard InChI is InChI=1S/C14H21Cl2NO/c1-3-17(4-2)8-7-13(18)9-11-5-6-12(15)10-14(11)16/h5-6,10,13,18H,3-4,7-9H2,1-2H3. The monoisotopic (exact) mass is 289 g/mol. The lowest BCUT2D eigenvalue weighted by Gasteiger charge is -2.20. The summed E-state index contributed by atoms with van der Waals surface area (Å²) in [5.41, 5.74) is 0.952. The lowest BCUT2D eigenvalue weighted by molar-refractivity contribution is 0.144. The summed E-state index contributed by atoms with van der Waals surface area (Å²) in [4.78, 5) is 2.30. The highest BCUT2D eigenvalue weighted by Crippen LogP contribution is 2.22. The van der Waals surface area contributed by atoms with Gasteiger partial charge >= 0.3 is 0 Å². The molecule has 0 spiro atoms. The minimum absolute atomic E-state index is 0.357. The molecule has 0 saturated heterocycles. The Bertz CT molecular complexity index is 367. The van der Waals surface area contributed by atoms with E-state index in [1.165, 1.54) is 0 Å². The van der Waals surface area contributed by atoms with E-state index in [0.29, 0.717) is 16.5 Å². The Morgan fingerprint density at radius 2 is 1.89 bits per heavy atom. The van der Waals surface area contributed by atoms with E-state index in [-0.39, 0.29) is 6.10 Å². The molecular formula is C14H21Cl2NO. The van der Waals surface area contributed by atoms with Crippen molar-refractivity contribution in [2.45, 2.75) is 32.8 Å². The van der Waals surface area contributed by atoms with E-state index >= 15 is 0 Å². The molecule has 0 bridgehead atoms. The molecule has 1 rings (SSSR count). The number of hydrogen-bond donors (Lipinski definition) is 1. The summed E-state index contributed by atoms with van der Waals surface area (Å²) in [7, 11) is 0. The summed E-state index contributed by atoms with van der Waals surface area (Å²) < 4.78 is 0. The summed E-state index contributed by atoms with van der Waals surface area (Å²) in [6.45, 7) is 7.22. The number of rotatable bonds is 7. The molecular weight excluding hydrogens is 269 g/mol. The highest BCUT2D eigenvalue weighted by molar-refractivity contribution is 6.35. The number of halogens is 2. The molecule has 1 N–H and O–H groups in total. The fraction of sp³-hybridized carbons (Fsp3) is 0.571. The van der Waals surface area contributed by atoms with Gasteiger partial charge in [0.05, 0.1) is 6.10 Å². The zero-order valence-corrected chi connectivity index (χ0v) is 12.5. The Hall–Kier alpha value is -0.280. The van der Waals surface area contributed by atoms with E-state index in [1.807, 2.05) is 6.07 Å². The number of hydrogen-bond acceptors (Lipinski definition) is 2. The van der Waals surface area contributed by atoms with Crippen molar-refractivity contribution in [2.75, 3.05) is 19.6 Å². The molecule has 1 aromatic rings. The van der Waals surface area contributed by atoms with Crippen molar-refractivity contribution in [3.05, 3.63) is 33.8 Å². The zero-order valence-electron chi connectivity index (χ0n) is 11.0. The molecule has 102 valence electrons. The molecule has 0 radical (unpaired) electrons. The van der Waals surface area contributed by atoms with Gasteiger partial charge in [0.1, 0.15) is 0 Å². The van der Waals surface area contributed by atoms with Gasteiger partial charge < -0.3 is 10.0 Å². The molecule has 1 aromatic carbocycles. The molecule has 1 unspecified atom stereocenters. The molecule has 0 fully saturated rings. The quantitative estimate of drug-likeness (QED) is 0.829. The molecule has 4 heteroatoms. The molecule has 0 saturated carbocycles. The first-order valence-corrected chi connectivity index (χ1v) is 7.16. The molecule has 18 heavy (non-hydrogen) atoms. The number of aliphatic hydroxyl groups excluding tert-OH is 1. The maximum absolute atomic E-state index is 10.0. The van der Waals surface area contributed by atoms with Gasteiger partial charge in [0.25, 0.3) is 0 Å². The minimum atomic E-state index is -0.357. The Kier molecular flexibility index (Phi) is 7.02. The largest absolute Gasteiger partial charge is 0.393 e. The highest BCUT2D eigenvalue weighted by Gasteiger charge is 2.10. The van der Waals surface area contributed by atoms with Gasteiger partial charge in [0.15, 0.2) is 0 Å². The normalized spacial score (nSPS) is 13.0. The molecule has 0 aliphatic carbocycles. The minimum Gasteiger partial charge on any atom is -0.393 e. The van der Waals surface area contributed by atoms with Crippen LogP contribution in [0.1, 0.15) is 25.8 Å². The second-order valence-corrected chi connectivity index (χ2v) is 5.25. The molecule has 0 aromatic heterocycles. The van der Waals surface area contributed by atoms with Gasteiger partial charge in [-0.1, -0.05) is 43.1 Å². The molecule has 0 aliphatic rings. The fourth-order valence-electron chi connectivity index (χ4n) is 1.91. The maximum Gasteiger partial charge on any atom is 0.0593 e. The van der Waals surface area contributed by atoms with Crippen LogP contribution in [0.15, 0.2) is 18.2 Å². The first-order chi connectivity index (χ1) is 8.56. The average molecular weight is 290 g/mol. The van der Waals surface area contributed by atoms with Crippen molar-refractivity contribution in [2.24, 2.45) is 0 Å². The van der Waals surface area contributed by atoms with Crippen LogP contribution >= 0.6 is 23.2 Å². The number of nitrogens with zero attached hydrogens (tertiary/aromatic N) is 1. The van der Waals surface area contributed by atoms with Crippen LogP contribution in [-0.2, 0) is 6.42 Å². The highest BCUT2D eigenvalue weighted by atomic mass is 35.5. The second kappa shape index (κ2) is 8.00. The van der Waals surface area contributed by atoms with E-state index in [9.17, 15) is 5.11 Å². The van der Waals surface area contributed by atoms with Crippen molar-refractivity contribution in [3.8, 4) is 0 Å². The summed E-state index contributed by atoms with van der Waals surface area (Å²) in [6, 6.07) is 5.40. The van der Waals surface area contributed by atoms with Crippen molar-refractivity contribution in [1.29, 1.82) is 0 Å². The predicted octanol–water partition coefficient (Wildman–Crippen LogP) is 3.63. The zero-order chi connectivity index (χ0) is 13.5. The van der Waals surface area contributed by atoms with Crippen LogP contribution in [0.5, 0.6) is 0 Å². The van der Waals surface area contributed by atoms with E-state index in [4.69, 9.17) is 23.2 Å². The Morgan fingerprint density at radius 1 is 1.22 bits per heavy atom. The van der Waals surface area contributed by atoms with Crippen molar-refractivity contribution >= 4 is 23.2 Å². The molecule has 0 aliphatic heterocycles. The first-order valence-electron chi connectivity index (χ1n) is 6.41. The van der Waals surface area contributed by atoms with Gasteiger partial charge in [-0.2, -0.15) is 0 Å². The lowest BCUT2D eigenvalue weighted by atomic mass is 10.1. The Morgan fingerprint density at radius 3 is 2.44 bits per heavy atom. The van der Waals surface area contributed by atoms with Crippen LogP contribution in [0.3, 0.4) is 0 Å². The smallest absolute Gasteiger partial charge is 0.0593 e. The summed E-state index contributed by atoms with van der Waals surface area (Å²) in [5.74, 6) is 0. The molecule has 2 nitrogen and oxygen atoms in total. The molecule has 1 atom stereocenters. The van der Waals surface area contributed by atoms with Gasteiger partial charge in [-0.05, 0) is 43.6 Å². The number of benzene rings is 1. The van der Waals surface area contributed by atoms with E-state index in [1.54, 1.807) is 12.1 Å². The molecule has 0 heterocycles. The second-order valence-electron chi connectivity index (χ2n) is 4.41. The van der Waals surface area contributed by atoms with Crippen molar-refractivity contribution in [1.82, 2.24) is 4.90 Å². The average Bonchev–Trinajstić information content (AvgIpc) is 2.34. The maximum atomic E-state index is 10.0. The van der Waals surface area contributed by atoms with Crippen LogP contribution in [0.4, 0.5) is 0 Å². The predicted molar refractivity (Wildman–Crippen MR) is 78.6 cm³/mol. The third kappa shape index (κ3) is 5.15. The van der Waals surface area contributed by atoms with Gasteiger partial charge in [0, 0.05) is 16.6 Å². The van der Waals surface area contributed by atoms with Crippen molar-refractivity contribution in [3.63, 3.8) is 0 Å². The van der Waals surface area contributed by atoms with E-state index in [2.05, 4.69) is 18.7 Å². The van der Waals surface area contributed by atoms with Gasteiger partial charge in [-0.15, -0.1) is 0 Å². The van der Waals surface area contributed by atoms with Gasteiger partial charge in [-0.25, -0.2) is 0 Å². The van der Waals surface area contributed by atoms with Crippen molar-refractivity contribution < 1.29 is 5.11 Å². The first kappa shape index (κ1) is 15.8. The third-order valence-corrected chi connectivity index (χ3v) is 3.73. The Balaban J connectivity index is 2.46. The molecule has 0 amide bonds. The van der Waals surface area contributed by atoms with Crippen LogP contribution in [0.25, 0.3) is 0 Å². The van der Waals surface area contributed by atoms with Crippen LogP contribution in [0, 0.1) is 0 Å². The topological polar surface area (TPSA) is 23.5 Å².